The van der Waals surface area contributed by atoms with Gasteiger partial charge in [-0.2, -0.15) is 11.8 Å². The predicted molar refractivity (Wildman–Crippen MR) is 75.6 cm³/mol. The number of H-pyrrole nitrogens is 1. The highest BCUT2D eigenvalue weighted by atomic mass is 32.2. The highest BCUT2D eigenvalue weighted by molar-refractivity contribution is 7.98. The lowest BCUT2D eigenvalue weighted by Gasteiger charge is -2.26. The monoisotopic (exact) mass is 259 g/mol. The number of hydrogen-bond donors (Lipinski definition) is 2. The fraction of sp³-hybridized carbons (Fsp3) is 0.357. The molecule has 0 saturated carbocycles. The van der Waals surface area contributed by atoms with Crippen molar-refractivity contribution in [3.8, 4) is 0 Å². The third-order valence-corrected chi connectivity index (χ3v) is 4.40. The molecule has 2 aromatic rings. The van der Waals surface area contributed by atoms with Crippen LogP contribution in [-0.2, 0) is 12.2 Å². The SMILES string of the molecule is c1ccc2c(c1)CSCC2NCCc1cnc[nH]1. The number of aromatic nitrogens is 2. The number of benzene rings is 1. The van der Waals surface area contributed by atoms with Gasteiger partial charge in [-0.25, -0.2) is 4.98 Å². The van der Waals surface area contributed by atoms with Gasteiger partial charge in [-0.05, 0) is 11.1 Å². The van der Waals surface area contributed by atoms with Crippen molar-refractivity contribution in [2.45, 2.75) is 18.2 Å². The molecule has 2 heterocycles. The lowest BCUT2D eigenvalue weighted by atomic mass is 10.0. The molecular formula is C14H17N3S. The molecule has 1 aromatic carbocycles. The van der Waals surface area contributed by atoms with Crippen LogP contribution in [0.25, 0.3) is 0 Å². The first kappa shape index (κ1) is 11.8. The summed E-state index contributed by atoms with van der Waals surface area (Å²) in [5.41, 5.74) is 4.15. The Morgan fingerprint density at radius 2 is 2.33 bits per heavy atom. The van der Waals surface area contributed by atoms with Crippen molar-refractivity contribution in [2.24, 2.45) is 0 Å². The van der Waals surface area contributed by atoms with E-state index in [1.807, 2.05) is 18.0 Å². The summed E-state index contributed by atoms with van der Waals surface area (Å²) in [6.07, 6.45) is 4.63. The van der Waals surface area contributed by atoms with Crippen LogP contribution in [0, 0.1) is 0 Å². The molecule has 0 aliphatic carbocycles. The molecule has 1 atom stereocenters. The maximum absolute atomic E-state index is 4.04. The highest BCUT2D eigenvalue weighted by Crippen LogP contribution is 2.31. The first-order chi connectivity index (χ1) is 8.93. The number of imidazole rings is 1. The van der Waals surface area contributed by atoms with Crippen molar-refractivity contribution in [1.82, 2.24) is 15.3 Å². The summed E-state index contributed by atoms with van der Waals surface area (Å²) in [5.74, 6) is 2.31. The molecule has 4 heteroatoms. The van der Waals surface area contributed by atoms with E-state index in [9.17, 15) is 0 Å². The third-order valence-electron chi connectivity index (χ3n) is 3.31. The van der Waals surface area contributed by atoms with E-state index in [1.54, 1.807) is 6.33 Å². The largest absolute Gasteiger partial charge is 0.348 e. The molecule has 0 bridgehead atoms. The number of aromatic amines is 1. The molecule has 0 radical (unpaired) electrons. The summed E-state index contributed by atoms with van der Waals surface area (Å²) in [5, 5.41) is 3.65. The predicted octanol–water partition coefficient (Wildman–Crippen LogP) is 2.53. The number of fused-ring (bicyclic) bond motifs is 1. The minimum absolute atomic E-state index is 0.489. The van der Waals surface area contributed by atoms with Gasteiger partial charge >= 0.3 is 0 Å². The maximum Gasteiger partial charge on any atom is 0.0921 e. The zero-order valence-electron chi connectivity index (χ0n) is 10.2. The summed E-state index contributed by atoms with van der Waals surface area (Å²) >= 11 is 2.01. The average Bonchev–Trinajstić information content (AvgIpc) is 2.92. The topological polar surface area (TPSA) is 40.7 Å². The molecule has 0 saturated heterocycles. The van der Waals surface area contributed by atoms with Crippen LogP contribution in [0.1, 0.15) is 22.9 Å². The molecular weight excluding hydrogens is 242 g/mol. The third kappa shape index (κ3) is 2.60. The fourth-order valence-electron chi connectivity index (χ4n) is 2.35. The van der Waals surface area contributed by atoms with Crippen molar-refractivity contribution in [2.75, 3.05) is 12.3 Å². The first-order valence-electron chi connectivity index (χ1n) is 6.29. The van der Waals surface area contributed by atoms with Gasteiger partial charge in [-0.1, -0.05) is 24.3 Å². The second-order valence-electron chi connectivity index (χ2n) is 4.55. The number of nitrogens with one attached hydrogen (secondary N) is 2. The zero-order valence-corrected chi connectivity index (χ0v) is 11.0. The van der Waals surface area contributed by atoms with Crippen molar-refractivity contribution in [3.63, 3.8) is 0 Å². The van der Waals surface area contributed by atoms with Gasteiger partial charge in [0.05, 0.1) is 6.33 Å². The van der Waals surface area contributed by atoms with Crippen molar-refractivity contribution >= 4 is 11.8 Å². The Hall–Kier alpha value is -1.26. The molecule has 1 unspecified atom stereocenters. The van der Waals surface area contributed by atoms with Crippen LogP contribution in [0.5, 0.6) is 0 Å². The minimum Gasteiger partial charge on any atom is -0.348 e. The molecule has 3 rings (SSSR count). The molecule has 0 amide bonds. The van der Waals surface area contributed by atoms with E-state index >= 15 is 0 Å². The Balaban J connectivity index is 1.60. The van der Waals surface area contributed by atoms with E-state index in [0.29, 0.717) is 6.04 Å². The van der Waals surface area contributed by atoms with Crippen molar-refractivity contribution in [3.05, 3.63) is 53.6 Å². The fourth-order valence-corrected chi connectivity index (χ4v) is 3.49. The number of nitrogens with zero attached hydrogens (tertiary/aromatic N) is 1. The first-order valence-corrected chi connectivity index (χ1v) is 7.45. The van der Waals surface area contributed by atoms with Gasteiger partial charge < -0.3 is 10.3 Å². The quantitative estimate of drug-likeness (QED) is 0.886. The Morgan fingerprint density at radius 3 is 3.22 bits per heavy atom. The lowest BCUT2D eigenvalue weighted by molar-refractivity contribution is 0.575. The second-order valence-corrected chi connectivity index (χ2v) is 5.58. The Labute approximate surface area is 111 Å². The normalized spacial score (nSPS) is 18.6. The van der Waals surface area contributed by atoms with E-state index in [-0.39, 0.29) is 0 Å². The lowest BCUT2D eigenvalue weighted by Crippen LogP contribution is -2.28. The van der Waals surface area contributed by atoms with E-state index in [2.05, 4.69) is 39.6 Å². The number of thioether (sulfide) groups is 1. The Morgan fingerprint density at radius 1 is 1.39 bits per heavy atom. The van der Waals surface area contributed by atoms with Gasteiger partial charge in [-0.15, -0.1) is 0 Å². The molecule has 3 nitrogen and oxygen atoms in total. The number of rotatable bonds is 4. The van der Waals surface area contributed by atoms with Crippen LogP contribution in [0.15, 0.2) is 36.8 Å². The molecule has 2 N–H and O–H groups in total. The van der Waals surface area contributed by atoms with Crippen LogP contribution >= 0.6 is 11.8 Å². The van der Waals surface area contributed by atoms with Crippen LogP contribution in [0.3, 0.4) is 0 Å². The maximum atomic E-state index is 4.04. The zero-order chi connectivity index (χ0) is 12.2. The Bertz CT molecular complexity index is 496. The summed E-state index contributed by atoms with van der Waals surface area (Å²) < 4.78 is 0. The molecule has 1 aliphatic rings. The van der Waals surface area contributed by atoms with E-state index in [0.717, 1.165) is 18.7 Å². The van der Waals surface area contributed by atoms with E-state index in [1.165, 1.54) is 22.6 Å². The summed E-state index contributed by atoms with van der Waals surface area (Å²) in [7, 11) is 0. The average molecular weight is 259 g/mol. The van der Waals surface area contributed by atoms with Gasteiger partial charge in [0.15, 0.2) is 0 Å². The van der Waals surface area contributed by atoms with Gasteiger partial charge in [0.2, 0.25) is 0 Å². The van der Waals surface area contributed by atoms with Gasteiger partial charge in [0.1, 0.15) is 0 Å². The van der Waals surface area contributed by atoms with Crippen LogP contribution < -0.4 is 5.32 Å². The van der Waals surface area contributed by atoms with E-state index in [4.69, 9.17) is 0 Å². The molecule has 0 spiro atoms. The summed E-state index contributed by atoms with van der Waals surface area (Å²) in [6.45, 7) is 0.988. The van der Waals surface area contributed by atoms with Crippen LogP contribution in [-0.4, -0.2) is 22.3 Å². The minimum atomic E-state index is 0.489. The van der Waals surface area contributed by atoms with E-state index < -0.39 is 0 Å². The van der Waals surface area contributed by atoms with Crippen molar-refractivity contribution < 1.29 is 0 Å². The van der Waals surface area contributed by atoms with Gasteiger partial charge in [0.25, 0.3) is 0 Å². The smallest absolute Gasteiger partial charge is 0.0921 e. The molecule has 1 aliphatic heterocycles. The molecule has 18 heavy (non-hydrogen) atoms. The summed E-state index contributed by atoms with van der Waals surface area (Å²) in [4.78, 5) is 7.17. The van der Waals surface area contributed by atoms with Crippen LogP contribution in [0.4, 0.5) is 0 Å². The highest BCUT2D eigenvalue weighted by Gasteiger charge is 2.19. The summed E-state index contributed by atoms with van der Waals surface area (Å²) in [6, 6.07) is 9.25. The molecule has 0 fully saturated rings. The van der Waals surface area contributed by atoms with Gasteiger partial charge in [-0.3, -0.25) is 0 Å². The van der Waals surface area contributed by atoms with Gasteiger partial charge in [0, 0.05) is 42.4 Å². The molecule has 1 aromatic heterocycles. The van der Waals surface area contributed by atoms with Crippen molar-refractivity contribution in [1.29, 1.82) is 0 Å². The standard InChI is InChI=1S/C14H17N3S/c1-2-4-13-11(3-1)8-18-9-14(13)16-6-5-12-7-15-10-17-12/h1-4,7,10,14,16H,5-6,8-9H2,(H,15,17). The number of hydrogen-bond acceptors (Lipinski definition) is 3. The molecule has 94 valence electrons. The van der Waals surface area contributed by atoms with Crippen LogP contribution in [0.2, 0.25) is 0 Å². The Kier molecular flexibility index (Phi) is 3.67. The second kappa shape index (κ2) is 5.59.